The van der Waals surface area contributed by atoms with Crippen molar-refractivity contribution in [2.75, 3.05) is 26.8 Å². The summed E-state index contributed by atoms with van der Waals surface area (Å²) in [6, 6.07) is 5.76. The fourth-order valence-electron chi connectivity index (χ4n) is 2.82. The number of hydrogen-bond donors (Lipinski definition) is 1. The van der Waals surface area contributed by atoms with E-state index in [0.29, 0.717) is 12.5 Å². The number of halogens is 1. The second kappa shape index (κ2) is 7.13. The fraction of sp³-hybridized carbons (Fsp3) is 0.600. The molecule has 0 aromatic heterocycles. The van der Waals surface area contributed by atoms with Crippen molar-refractivity contribution < 1.29 is 9.84 Å². The highest BCUT2D eigenvalue weighted by Gasteiger charge is 2.20. The van der Waals surface area contributed by atoms with Gasteiger partial charge in [-0.05, 0) is 49.9 Å². The number of benzene rings is 1. The number of aliphatic hydroxyl groups excluding tert-OH is 1. The molecule has 1 aromatic carbocycles. The normalized spacial score (nSPS) is 20.5. The third kappa shape index (κ3) is 4.10. The molecule has 1 aliphatic heterocycles. The molecule has 1 aromatic rings. The summed E-state index contributed by atoms with van der Waals surface area (Å²) in [6.45, 7) is 3.32. The van der Waals surface area contributed by atoms with Gasteiger partial charge >= 0.3 is 0 Å². The van der Waals surface area contributed by atoms with Crippen molar-refractivity contribution in [2.45, 2.75) is 25.8 Å². The Bertz CT molecular complexity index is 409. The van der Waals surface area contributed by atoms with Gasteiger partial charge in [-0.25, -0.2) is 0 Å². The summed E-state index contributed by atoms with van der Waals surface area (Å²) < 4.78 is 5.39. The molecule has 4 heteroatoms. The van der Waals surface area contributed by atoms with Gasteiger partial charge in [0.2, 0.25) is 0 Å². The zero-order valence-corrected chi connectivity index (χ0v) is 12.2. The first-order valence-corrected chi connectivity index (χ1v) is 7.26. The van der Waals surface area contributed by atoms with Crippen LogP contribution in [0.25, 0.3) is 0 Å². The molecule has 19 heavy (non-hydrogen) atoms. The van der Waals surface area contributed by atoms with Crippen LogP contribution in [0.3, 0.4) is 0 Å². The van der Waals surface area contributed by atoms with Gasteiger partial charge in [0.15, 0.2) is 0 Å². The lowest BCUT2D eigenvalue weighted by molar-refractivity contribution is 0.141. The van der Waals surface area contributed by atoms with Gasteiger partial charge in [0.25, 0.3) is 0 Å². The van der Waals surface area contributed by atoms with E-state index in [1.807, 2.05) is 18.2 Å². The number of nitrogens with zero attached hydrogens (tertiary/aromatic N) is 1. The molecule has 0 aliphatic carbocycles. The average molecular weight is 284 g/mol. The quantitative estimate of drug-likeness (QED) is 0.902. The lowest BCUT2D eigenvalue weighted by Gasteiger charge is -2.32. The second-order valence-corrected chi connectivity index (χ2v) is 5.65. The number of likely N-dealkylation sites (tertiary alicyclic amines) is 1. The van der Waals surface area contributed by atoms with Crippen LogP contribution in [0, 0.1) is 5.92 Å². The van der Waals surface area contributed by atoms with E-state index in [0.717, 1.165) is 42.4 Å². The fourth-order valence-corrected chi connectivity index (χ4v) is 3.02. The van der Waals surface area contributed by atoms with Gasteiger partial charge in [0, 0.05) is 30.3 Å². The van der Waals surface area contributed by atoms with Crippen LogP contribution < -0.4 is 4.74 Å². The SMILES string of the molecule is COc1ccc(Cl)cc1CN1CCCC(CCO)C1. The monoisotopic (exact) mass is 283 g/mol. The Hall–Kier alpha value is -0.770. The van der Waals surface area contributed by atoms with Crippen LogP contribution in [-0.2, 0) is 6.54 Å². The third-order valence-corrected chi connectivity index (χ3v) is 4.01. The van der Waals surface area contributed by atoms with E-state index in [9.17, 15) is 0 Å². The minimum Gasteiger partial charge on any atom is -0.496 e. The zero-order chi connectivity index (χ0) is 13.7. The van der Waals surface area contributed by atoms with E-state index in [-0.39, 0.29) is 0 Å². The van der Waals surface area contributed by atoms with Crippen molar-refractivity contribution in [3.8, 4) is 5.75 Å². The molecule has 0 amide bonds. The number of piperidine rings is 1. The first kappa shape index (κ1) is 14.6. The predicted octanol–water partition coefficient (Wildman–Crippen LogP) is 2.94. The maximum Gasteiger partial charge on any atom is 0.123 e. The van der Waals surface area contributed by atoms with Gasteiger partial charge < -0.3 is 9.84 Å². The van der Waals surface area contributed by atoms with Gasteiger partial charge in [-0.1, -0.05) is 11.6 Å². The maximum atomic E-state index is 9.06. The summed E-state index contributed by atoms with van der Waals surface area (Å²) in [7, 11) is 1.69. The molecule has 0 radical (unpaired) electrons. The van der Waals surface area contributed by atoms with E-state index in [4.69, 9.17) is 21.4 Å². The Kier molecular flexibility index (Phi) is 5.49. The van der Waals surface area contributed by atoms with Crippen molar-refractivity contribution in [2.24, 2.45) is 5.92 Å². The highest BCUT2D eigenvalue weighted by Crippen LogP contribution is 2.26. The molecule has 0 spiro atoms. The van der Waals surface area contributed by atoms with E-state index >= 15 is 0 Å². The van der Waals surface area contributed by atoms with Crippen LogP contribution in [0.4, 0.5) is 0 Å². The minimum absolute atomic E-state index is 0.291. The molecule has 1 N–H and O–H groups in total. The topological polar surface area (TPSA) is 32.7 Å². The molecule has 2 rings (SSSR count). The van der Waals surface area contributed by atoms with Crippen molar-refractivity contribution in [1.82, 2.24) is 4.90 Å². The predicted molar refractivity (Wildman–Crippen MR) is 77.7 cm³/mol. The highest BCUT2D eigenvalue weighted by atomic mass is 35.5. The Labute approximate surface area is 120 Å². The van der Waals surface area contributed by atoms with Crippen LogP contribution >= 0.6 is 11.6 Å². The van der Waals surface area contributed by atoms with Gasteiger partial charge in [-0.2, -0.15) is 0 Å². The largest absolute Gasteiger partial charge is 0.496 e. The van der Waals surface area contributed by atoms with E-state index in [2.05, 4.69) is 4.90 Å². The summed E-state index contributed by atoms with van der Waals surface area (Å²) in [5.74, 6) is 1.51. The Morgan fingerprint density at radius 2 is 2.32 bits per heavy atom. The van der Waals surface area contributed by atoms with Crippen LogP contribution in [0.2, 0.25) is 5.02 Å². The number of methoxy groups -OCH3 is 1. The minimum atomic E-state index is 0.291. The van der Waals surface area contributed by atoms with E-state index in [1.54, 1.807) is 7.11 Å². The molecule has 1 atom stereocenters. The molecule has 0 bridgehead atoms. The van der Waals surface area contributed by atoms with Gasteiger partial charge in [0.05, 0.1) is 7.11 Å². The lowest BCUT2D eigenvalue weighted by atomic mass is 9.95. The molecule has 1 aliphatic rings. The molecule has 1 saturated heterocycles. The summed E-state index contributed by atoms with van der Waals surface area (Å²) in [5.41, 5.74) is 1.14. The number of rotatable bonds is 5. The average Bonchev–Trinajstić information content (AvgIpc) is 2.40. The molecule has 1 fully saturated rings. The number of ether oxygens (including phenoxy) is 1. The van der Waals surface area contributed by atoms with Crippen molar-refractivity contribution >= 4 is 11.6 Å². The van der Waals surface area contributed by atoms with E-state index in [1.165, 1.54) is 12.8 Å². The molecule has 3 nitrogen and oxygen atoms in total. The zero-order valence-electron chi connectivity index (χ0n) is 11.4. The lowest BCUT2D eigenvalue weighted by Crippen LogP contribution is -2.35. The summed E-state index contributed by atoms with van der Waals surface area (Å²) in [6.07, 6.45) is 3.33. The number of aliphatic hydroxyl groups is 1. The number of hydrogen-bond acceptors (Lipinski definition) is 3. The smallest absolute Gasteiger partial charge is 0.123 e. The van der Waals surface area contributed by atoms with Crippen LogP contribution in [0.1, 0.15) is 24.8 Å². The molecular formula is C15H22ClNO2. The molecular weight excluding hydrogens is 262 g/mol. The van der Waals surface area contributed by atoms with Crippen molar-refractivity contribution in [1.29, 1.82) is 0 Å². The third-order valence-electron chi connectivity index (χ3n) is 3.78. The molecule has 106 valence electrons. The summed E-state index contributed by atoms with van der Waals surface area (Å²) >= 11 is 6.06. The summed E-state index contributed by atoms with van der Waals surface area (Å²) in [4.78, 5) is 2.43. The Balaban J connectivity index is 2.01. The summed E-state index contributed by atoms with van der Waals surface area (Å²) in [5, 5.41) is 9.81. The van der Waals surface area contributed by atoms with Crippen LogP contribution in [0.5, 0.6) is 5.75 Å². The first-order valence-electron chi connectivity index (χ1n) is 6.88. The van der Waals surface area contributed by atoms with Gasteiger partial charge in [-0.15, -0.1) is 0 Å². The van der Waals surface area contributed by atoms with Crippen molar-refractivity contribution in [3.05, 3.63) is 28.8 Å². The molecule has 1 heterocycles. The Morgan fingerprint density at radius 1 is 1.47 bits per heavy atom. The first-order chi connectivity index (χ1) is 9.22. The molecule has 1 unspecified atom stereocenters. The van der Waals surface area contributed by atoms with Crippen LogP contribution in [-0.4, -0.2) is 36.8 Å². The standard InChI is InChI=1S/C15H22ClNO2/c1-19-15-5-4-14(16)9-13(15)11-17-7-2-3-12(10-17)6-8-18/h4-5,9,12,18H,2-3,6-8,10-11H2,1H3. The maximum absolute atomic E-state index is 9.06. The van der Waals surface area contributed by atoms with E-state index < -0.39 is 0 Å². The second-order valence-electron chi connectivity index (χ2n) is 5.21. The van der Waals surface area contributed by atoms with Crippen LogP contribution in [0.15, 0.2) is 18.2 Å². The highest BCUT2D eigenvalue weighted by molar-refractivity contribution is 6.30. The molecule has 0 saturated carbocycles. The van der Waals surface area contributed by atoms with Crippen molar-refractivity contribution in [3.63, 3.8) is 0 Å². The van der Waals surface area contributed by atoms with Gasteiger partial charge in [-0.3, -0.25) is 4.90 Å². The Morgan fingerprint density at radius 3 is 3.05 bits per heavy atom. The van der Waals surface area contributed by atoms with Gasteiger partial charge in [0.1, 0.15) is 5.75 Å².